The molecule has 1 fully saturated rings. The molecule has 1 saturated heterocycles. The maximum Gasteiger partial charge on any atom is 0.226 e. The van der Waals surface area contributed by atoms with Crippen molar-refractivity contribution >= 4 is 5.91 Å². The number of hydrogen-bond donors (Lipinski definition) is 0. The summed E-state index contributed by atoms with van der Waals surface area (Å²) in [5, 5.41) is 0. The predicted molar refractivity (Wildman–Crippen MR) is 83.8 cm³/mol. The van der Waals surface area contributed by atoms with Gasteiger partial charge in [-0.25, -0.2) is 4.39 Å². The van der Waals surface area contributed by atoms with Crippen molar-refractivity contribution < 1.29 is 18.7 Å². The van der Waals surface area contributed by atoms with Gasteiger partial charge in [0.25, 0.3) is 0 Å². The molecule has 0 aliphatic carbocycles. The topological polar surface area (TPSA) is 64.5 Å². The Hall–Kier alpha value is -2.54. The zero-order valence-electron chi connectivity index (χ0n) is 13.1. The summed E-state index contributed by atoms with van der Waals surface area (Å²) in [4.78, 5) is 22.3. The van der Waals surface area contributed by atoms with Gasteiger partial charge in [0.05, 0.1) is 38.1 Å². The van der Waals surface area contributed by atoms with Gasteiger partial charge >= 0.3 is 0 Å². The van der Waals surface area contributed by atoms with Gasteiger partial charge in [-0.3, -0.25) is 14.8 Å². The molecule has 0 bridgehead atoms. The molecule has 126 valence electrons. The molecule has 0 spiro atoms. The average molecular weight is 331 g/mol. The Morgan fingerprint density at radius 1 is 1.38 bits per heavy atom. The Bertz CT molecular complexity index is 684. The quantitative estimate of drug-likeness (QED) is 0.838. The summed E-state index contributed by atoms with van der Waals surface area (Å²) in [7, 11) is 0. The van der Waals surface area contributed by atoms with Gasteiger partial charge < -0.3 is 14.4 Å². The van der Waals surface area contributed by atoms with Crippen molar-refractivity contribution in [3.05, 3.63) is 54.4 Å². The third-order valence-corrected chi connectivity index (χ3v) is 3.74. The summed E-state index contributed by atoms with van der Waals surface area (Å²) in [6, 6.07) is 6.14. The number of carbonyl (C=O) groups is 1. The van der Waals surface area contributed by atoms with Crippen LogP contribution >= 0.6 is 0 Å². The number of benzene rings is 1. The number of carbonyl (C=O) groups excluding carboxylic acids is 1. The number of morpholine rings is 1. The second kappa shape index (κ2) is 7.83. The smallest absolute Gasteiger partial charge is 0.226 e. The van der Waals surface area contributed by atoms with E-state index in [0.717, 1.165) is 0 Å². The highest BCUT2D eigenvalue weighted by Gasteiger charge is 2.26. The van der Waals surface area contributed by atoms with Gasteiger partial charge in [0.2, 0.25) is 5.91 Å². The highest BCUT2D eigenvalue weighted by molar-refractivity contribution is 5.76. The normalized spacial score (nSPS) is 17.5. The number of aromatic nitrogens is 2. The largest absolute Gasteiger partial charge is 0.490 e. The van der Waals surface area contributed by atoms with E-state index >= 15 is 0 Å². The van der Waals surface area contributed by atoms with Crippen molar-refractivity contribution in [3.8, 4) is 5.75 Å². The van der Waals surface area contributed by atoms with Gasteiger partial charge in [-0.05, 0) is 12.1 Å². The maximum atomic E-state index is 13.5. The molecule has 7 heteroatoms. The fourth-order valence-corrected chi connectivity index (χ4v) is 2.50. The minimum atomic E-state index is -0.431. The van der Waals surface area contributed by atoms with E-state index in [4.69, 9.17) is 9.47 Å². The van der Waals surface area contributed by atoms with Crippen molar-refractivity contribution in [1.29, 1.82) is 0 Å². The van der Waals surface area contributed by atoms with Crippen molar-refractivity contribution in [3.63, 3.8) is 0 Å². The van der Waals surface area contributed by atoms with E-state index in [1.54, 1.807) is 41.7 Å². The van der Waals surface area contributed by atoms with Crippen LogP contribution in [0.5, 0.6) is 5.75 Å². The van der Waals surface area contributed by atoms with Crippen LogP contribution in [-0.4, -0.2) is 47.1 Å². The lowest BCUT2D eigenvalue weighted by Gasteiger charge is -2.32. The van der Waals surface area contributed by atoms with E-state index < -0.39 is 5.82 Å². The highest BCUT2D eigenvalue weighted by Crippen LogP contribution is 2.20. The van der Waals surface area contributed by atoms with Crippen molar-refractivity contribution in [2.24, 2.45) is 0 Å². The van der Waals surface area contributed by atoms with Gasteiger partial charge in [-0.15, -0.1) is 0 Å². The van der Waals surface area contributed by atoms with E-state index in [2.05, 4.69) is 9.97 Å². The molecule has 1 aliphatic heterocycles. The number of para-hydroxylation sites is 1. The van der Waals surface area contributed by atoms with Crippen molar-refractivity contribution in [2.45, 2.75) is 12.5 Å². The second-order valence-electron chi connectivity index (χ2n) is 5.36. The Kier molecular flexibility index (Phi) is 5.32. The molecule has 1 amide bonds. The van der Waals surface area contributed by atoms with E-state index in [-0.39, 0.29) is 30.8 Å². The van der Waals surface area contributed by atoms with Crippen LogP contribution in [0.1, 0.15) is 18.2 Å². The highest BCUT2D eigenvalue weighted by atomic mass is 19.1. The standard InChI is InChI=1S/C17H18FN3O3/c18-13-3-1-2-4-15(13)23-9-5-17(22)21-8-10-24-16(12-21)14-11-19-6-7-20-14/h1-4,6-7,11,16H,5,8-10,12H2/t16-/m0/s1. The van der Waals surface area contributed by atoms with Crippen LogP contribution in [-0.2, 0) is 9.53 Å². The van der Waals surface area contributed by atoms with Crippen LogP contribution in [0.2, 0.25) is 0 Å². The maximum absolute atomic E-state index is 13.5. The monoisotopic (exact) mass is 331 g/mol. The van der Waals surface area contributed by atoms with Gasteiger partial charge in [-0.1, -0.05) is 12.1 Å². The molecule has 24 heavy (non-hydrogen) atoms. The molecule has 0 N–H and O–H groups in total. The number of halogens is 1. The first-order chi connectivity index (χ1) is 11.7. The minimum absolute atomic E-state index is 0.0523. The predicted octanol–water partition coefficient (Wildman–Crippen LogP) is 1.98. The van der Waals surface area contributed by atoms with Crippen molar-refractivity contribution in [1.82, 2.24) is 14.9 Å². The molecule has 1 aliphatic rings. The molecule has 2 aromatic rings. The van der Waals surface area contributed by atoms with E-state index in [0.29, 0.717) is 25.4 Å². The Morgan fingerprint density at radius 3 is 3.04 bits per heavy atom. The first kappa shape index (κ1) is 16.3. The van der Waals surface area contributed by atoms with Gasteiger partial charge in [-0.2, -0.15) is 0 Å². The molecule has 1 aromatic carbocycles. The first-order valence-electron chi connectivity index (χ1n) is 7.76. The summed E-state index contributed by atoms with van der Waals surface area (Å²) in [6.07, 6.45) is 4.74. The van der Waals surface area contributed by atoms with Crippen LogP contribution in [0.4, 0.5) is 4.39 Å². The fourth-order valence-electron chi connectivity index (χ4n) is 2.50. The Labute approximate surface area is 139 Å². The van der Waals surface area contributed by atoms with E-state index in [1.807, 2.05) is 0 Å². The molecule has 3 rings (SSSR count). The van der Waals surface area contributed by atoms with Gasteiger partial charge in [0.15, 0.2) is 11.6 Å². The lowest BCUT2D eigenvalue weighted by Crippen LogP contribution is -2.42. The summed E-state index contributed by atoms with van der Waals surface area (Å²) in [6.45, 7) is 1.53. The van der Waals surface area contributed by atoms with E-state index in [9.17, 15) is 9.18 Å². The van der Waals surface area contributed by atoms with Crippen LogP contribution in [0, 0.1) is 5.82 Å². The van der Waals surface area contributed by atoms with Gasteiger partial charge in [0, 0.05) is 18.9 Å². The molecular formula is C17H18FN3O3. The lowest BCUT2D eigenvalue weighted by molar-refractivity contribution is -0.139. The summed E-state index contributed by atoms with van der Waals surface area (Å²) in [5.41, 5.74) is 0.706. The number of rotatable bonds is 5. The molecule has 1 atom stereocenters. The second-order valence-corrected chi connectivity index (χ2v) is 5.36. The fraction of sp³-hybridized carbons (Fsp3) is 0.353. The number of ether oxygens (including phenoxy) is 2. The van der Waals surface area contributed by atoms with Crippen LogP contribution in [0.15, 0.2) is 42.9 Å². The van der Waals surface area contributed by atoms with Crippen LogP contribution in [0.25, 0.3) is 0 Å². The van der Waals surface area contributed by atoms with E-state index in [1.165, 1.54) is 6.07 Å². The molecule has 2 heterocycles. The molecule has 1 aromatic heterocycles. The third-order valence-electron chi connectivity index (χ3n) is 3.74. The zero-order valence-corrected chi connectivity index (χ0v) is 13.1. The molecule has 0 saturated carbocycles. The molecule has 0 unspecified atom stereocenters. The lowest BCUT2D eigenvalue weighted by atomic mass is 10.2. The molecular weight excluding hydrogens is 313 g/mol. The SMILES string of the molecule is O=C(CCOc1ccccc1F)N1CCO[C@H](c2cnccn2)C1. The number of amides is 1. The number of hydrogen-bond acceptors (Lipinski definition) is 5. The van der Waals surface area contributed by atoms with Crippen LogP contribution in [0.3, 0.4) is 0 Å². The molecule has 6 nitrogen and oxygen atoms in total. The van der Waals surface area contributed by atoms with Gasteiger partial charge in [0.1, 0.15) is 6.10 Å². The Balaban J connectivity index is 1.50. The average Bonchev–Trinajstić information content (AvgIpc) is 2.64. The minimum Gasteiger partial charge on any atom is -0.490 e. The number of nitrogens with zero attached hydrogens (tertiary/aromatic N) is 3. The molecule has 0 radical (unpaired) electrons. The summed E-state index contributed by atoms with van der Waals surface area (Å²) >= 11 is 0. The summed E-state index contributed by atoms with van der Waals surface area (Å²) in [5.74, 6) is -0.327. The Morgan fingerprint density at radius 2 is 2.25 bits per heavy atom. The first-order valence-corrected chi connectivity index (χ1v) is 7.76. The third kappa shape index (κ3) is 4.05. The summed E-state index contributed by atoms with van der Waals surface area (Å²) < 4.78 is 24.4. The van der Waals surface area contributed by atoms with Crippen molar-refractivity contribution in [2.75, 3.05) is 26.3 Å². The van der Waals surface area contributed by atoms with Crippen LogP contribution < -0.4 is 4.74 Å². The zero-order chi connectivity index (χ0) is 16.8.